The largest absolute Gasteiger partial charge is 0.305 e. The van der Waals surface area contributed by atoms with Crippen molar-refractivity contribution in [2.45, 2.75) is 19.9 Å². The first-order valence-electron chi connectivity index (χ1n) is 6.87. The standard InChI is InChI=1S/C18H21NO/c1-14(20)18-10-8-16(9-11-18)12-15-4-6-17(7-5-15)13-19(2)3/h4-11H,12-13H2,1-3H3. The zero-order valence-corrected chi connectivity index (χ0v) is 12.4. The average Bonchev–Trinajstić information content (AvgIpc) is 2.41. The Morgan fingerprint density at radius 2 is 1.30 bits per heavy atom. The summed E-state index contributed by atoms with van der Waals surface area (Å²) in [6.07, 6.45) is 0.903. The number of ketones is 1. The van der Waals surface area contributed by atoms with E-state index in [1.807, 2.05) is 24.3 Å². The van der Waals surface area contributed by atoms with E-state index in [4.69, 9.17) is 0 Å². The second-order valence-corrected chi connectivity index (χ2v) is 5.48. The minimum atomic E-state index is 0.115. The minimum Gasteiger partial charge on any atom is -0.305 e. The van der Waals surface area contributed by atoms with Crippen molar-refractivity contribution in [3.63, 3.8) is 0 Å². The van der Waals surface area contributed by atoms with Gasteiger partial charge in [-0.15, -0.1) is 0 Å². The maximum Gasteiger partial charge on any atom is 0.159 e. The molecule has 104 valence electrons. The molecule has 2 rings (SSSR count). The van der Waals surface area contributed by atoms with Gasteiger partial charge in [0.1, 0.15) is 0 Å². The summed E-state index contributed by atoms with van der Waals surface area (Å²) >= 11 is 0. The van der Waals surface area contributed by atoms with E-state index in [1.165, 1.54) is 16.7 Å². The summed E-state index contributed by atoms with van der Waals surface area (Å²) in [5.41, 5.74) is 4.62. The Bertz CT molecular complexity index is 567. The van der Waals surface area contributed by atoms with Crippen molar-refractivity contribution in [1.29, 1.82) is 0 Å². The molecule has 0 atom stereocenters. The fourth-order valence-corrected chi connectivity index (χ4v) is 2.22. The second kappa shape index (κ2) is 6.49. The summed E-state index contributed by atoms with van der Waals surface area (Å²) < 4.78 is 0. The summed E-state index contributed by atoms with van der Waals surface area (Å²) in [5, 5.41) is 0. The van der Waals surface area contributed by atoms with Crippen LogP contribution in [0.5, 0.6) is 0 Å². The van der Waals surface area contributed by atoms with Gasteiger partial charge in [-0.1, -0.05) is 48.5 Å². The van der Waals surface area contributed by atoms with Crippen LogP contribution in [0, 0.1) is 0 Å². The van der Waals surface area contributed by atoms with E-state index >= 15 is 0 Å². The normalized spacial score (nSPS) is 10.8. The number of carbonyl (C=O) groups is 1. The fraction of sp³-hybridized carbons (Fsp3) is 0.278. The van der Waals surface area contributed by atoms with Gasteiger partial charge < -0.3 is 4.90 Å². The van der Waals surface area contributed by atoms with Crippen LogP contribution in [0.25, 0.3) is 0 Å². The third-order valence-electron chi connectivity index (χ3n) is 3.29. The molecule has 0 aliphatic carbocycles. The van der Waals surface area contributed by atoms with Gasteiger partial charge in [-0.2, -0.15) is 0 Å². The lowest BCUT2D eigenvalue weighted by molar-refractivity contribution is 0.101. The predicted molar refractivity (Wildman–Crippen MR) is 83.1 cm³/mol. The van der Waals surface area contributed by atoms with E-state index in [2.05, 4.69) is 43.3 Å². The Labute approximate surface area is 121 Å². The number of Topliss-reactive ketones (excluding diaryl/α,β-unsaturated/α-hetero) is 1. The van der Waals surface area contributed by atoms with Crippen LogP contribution in [-0.4, -0.2) is 24.8 Å². The Balaban J connectivity index is 2.04. The van der Waals surface area contributed by atoms with Crippen LogP contribution in [0.1, 0.15) is 34.0 Å². The molecule has 0 N–H and O–H groups in total. The Kier molecular flexibility index (Phi) is 4.70. The van der Waals surface area contributed by atoms with Crippen molar-refractivity contribution < 1.29 is 4.79 Å². The summed E-state index contributed by atoms with van der Waals surface area (Å²) in [6.45, 7) is 2.56. The molecule has 0 amide bonds. The first-order chi connectivity index (χ1) is 9.54. The lowest BCUT2D eigenvalue weighted by atomic mass is 10.0. The van der Waals surface area contributed by atoms with Crippen LogP contribution in [0.4, 0.5) is 0 Å². The third-order valence-corrected chi connectivity index (χ3v) is 3.29. The number of hydrogen-bond acceptors (Lipinski definition) is 2. The molecule has 0 heterocycles. The lowest BCUT2D eigenvalue weighted by Gasteiger charge is -2.10. The quantitative estimate of drug-likeness (QED) is 0.772. The highest BCUT2D eigenvalue weighted by Gasteiger charge is 2.01. The van der Waals surface area contributed by atoms with Gasteiger partial charge in [-0.25, -0.2) is 0 Å². The van der Waals surface area contributed by atoms with Crippen LogP contribution in [0.15, 0.2) is 48.5 Å². The van der Waals surface area contributed by atoms with Crippen molar-refractivity contribution in [3.8, 4) is 0 Å². The topological polar surface area (TPSA) is 20.3 Å². The zero-order valence-electron chi connectivity index (χ0n) is 12.4. The van der Waals surface area contributed by atoms with Gasteiger partial charge in [0.2, 0.25) is 0 Å². The molecule has 0 aliphatic rings. The Morgan fingerprint density at radius 1 is 0.850 bits per heavy atom. The molecule has 2 aromatic carbocycles. The first-order valence-corrected chi connectivity index (χ1v) is 6.87. The number of carbonyl (C=O) groups excluding carboxylic acids is 1. The highest BCUT2D eigenvalue weighted by Crippen LogP contribution is 2.13. The molecule has 2 heteroatoms. The van der Waals surface area contributed by atoms with Crippen molar-refractivity contribution in [1.82, 2.24) is 4.90 Å². The van der Waals surface area contributed by atoms with Crippen LogP contribution in [0.3, 0.4) is 0 Å². The van der Waals surface area contributed by atoms with Crippen molar-refractivity contribution >= 4 is 5.78 Å². The highest BCUT2D eigenvalue weighted by atomic mass is 16.1. The van der Waals surface area contributed by atoms with E-state index < -0.39 is 0 Å². The first kappa shape index (κ1) is 14.5. The molecule has 0 saturated carbocycles. The van der Waals surface area contributed by atoms with Crippen molar-refractivity contribution in [3.05, 3.63) is 70.8 Å². The summed E-state index contributed by atoms with van der Waals surface area (Å²) in [5.74, 6) is 0.115. The third kappa shape index (κ3) is 4.04. The summed E-state index contributed by atoms with van der Waals surface area (Å²) in [6, 6.07) is 16.6. The molecule has 20 heavy (non-hydrogen) atoms. The van der Waals surface area contributed by atoms with Crippen molar-refractivity contribution in [2.75, 3.05) is 14.1 Å². The van der Waals surface area contributed by atoms with Gasteiger partial charge >= 0.3 is 0 Å². The monoisotopic (exact) mass is 267 g/mol. The van der Waals surface area contributed by atoms with Gasteiger partial charge in [0.15, 0.2) is 5.78 Å². The molecule has 0 aliphatic heterocycles. The maximum atomic E-state index is 11.2. The molecule has 0 bridgehead atoms. The average molecular weight is 267 g/mol. The zero-order chi connectivity index (χ0) is 14.5. The summed E-state index contributed by atoms with van der Waals surface area (Å²) in [4.78, 5) is 13.4. The molecular weight excluding hydrogens is 246 g/mol. The van der Waals surface area contributed by atoms with Crippen LogP contribution in [0.2, 0.25) is 0 Å². The lowest BCUT2D eigenvalue weighted by Crippen LogP contribution is -2.10. The van der Waals surface area contributed by atoms with Gasteiger partial charge in [0.25, 0.3) is 0 Å². The number of benzene rings is 2. The number of nitrogens with zero attached hydrogens (tertiary/aromatic N) is 1. The highest BCUT2D eigenvalue weighted by molar-refractivity contribution is 5.94. The molecule has 0 saturated heterocycles. The fourth-order valence-electron chi connectivity index (χ4n) is 2.22. The smallest absolute Gasteiger partial charge is 0.159 e. The molecule has 0 fully saturated rings. The van der Waals surface area contributed by atoms with Gasteiger partial charge in [0, 0.05) is 12.1 Å². The van der Waals surface area contributed by atoms with E-state index in [0.717, 1.165) is 18.5 Å². The molecule has 2 nitrogen and oxygen atoms in total. The van der Waals surface area contributed by atoms with E-state index in [-0.39, 0.29) is 5.78 Å². The second-order valence-electron chi connectivity index (χ2n) is 5.48. The Morgan fingerprint density at radius 3 is 1.75 bits per heavy atom. The van der Waals surface area contributed by atoms with Crippen LogP contribution >= 0.6 is 0 Å². The maximum absolute atomic E-state index is 11.2. The minimum absolute atomic E-state index is 0.115. The van der Waals surface area contributed by atoms with E-state index in [9.17, 15) is 4.79 Å². The number of rotatable bonds is 5. The molecule has 0 aromatic heterocycles. The molecule has 0 radical (unpaired) electrons. The van der Waals surface area contributed by atoms with Gasteiger partial charge in [0.05, 0.1) is 0 Å². The molecule has 0 unspecified atom stereocenters. The van der Waals surface area contributed by atoms with Gasteiger partial charge in [-0.3, -0.25) is 4.79 Å². The van der Waals surface area contributed by atoms with E-state index in [1.54, 1.807) is 6.92 Å². The summed E-state index contributed by atoms with van der Waals surface area (Å²) in [7, 11) is 4.15. The van der Waals surface area contributed by atoms with Crippen LogP contribution in [-0.2, 0) is 13.0 Å². The van der Waals surface area contributed by atoms with Crippen molar-refractivity contribution in [2.24, 2.45) is 0 Å². The molecule has 0 spiro atoms. The molecule has 2 aromatic rings. The molecular formula is C18H21NO. The Hall–Kier alpha value is -1.93. The predicted octanol–water partition coefficient (Wildman–Crippen LogP) is 3.54. The number of hydrogen-bond donors (Lipinski definition) is 0. The van der Waals surface area contributed by atoms with E-state index in [0.29, 0.717) is 0 Å². The van der Waals surface area contributed by atoms with Crippen LogP contribution < -0.4 is 0 Å². The van der Waals surface area contributed by atoms with Gasteiger partial charge in [-0.05, 0) is 44.1 Å². The SMILES string of the molecule is CC(=O)c1ccc(Cc2ccc(CN(C)C)cc2)cc1.